The molecular formula is C21H25ClN2O4S. The quantitative estimate of drug-likeness (QED) is 0.709. The van der Waals surface area contributed by atoms with Crippen LogP contribution in [0.3, 0.4) is 0 Å². The summed E-state index contributed by atoms with van der Waals surface area (Å²) in [6.07, 6.45) is 1.91. The summed E-state index contributed by atoms with van der Waals surface area (Å²) >= 11 is 6.28. The molecule has 1 aliphatic rings. The molecule has 0 bridgehead atoms. The molecular weight excluding hydrogens is 412 g/mol. The topological polar surface area (TPSA) is 66.9 Å². The van der Waals surface area contributed by atoms with Gasteiger partial charge in [-0.25, -0.2) is 8.42 Å². The van der Waals surface area contributed by atoms with Crippen LogP contribution in [0.25, 0.3) is 0 Å². The molecule has 1 heterocycles. The molecule has 0 atom stereocenters. The van der Waals surface area contributed by atoms with Gasteiger partial charge in [0.05, 0.1) is 28.3 Å². The Kier molecular flexibility index (Phi) is 6.39. The summed E-state index contributed by atoms with van der Waals surface area (Å²) < 4.78 is 32.2. The number of nitrogens with zero attached hydrogens (tertiary/aromatic N) is 2. The first-order valence-electron chi connectivity index (χ1n) is 9.46. The predicted octanol–water partition coefficient (Wildman–Crippen LogP) is 4.05. The first-order valence-corrected chi connectivity index (χ1v) is 11.3. The van der Waals surface area contributed by atoms with Crippen molar-refractivity contribution in [3.05, 3.63) is 53.1 Å². The lowest BCUT2D eigenvalue weighted by Gasteiger charge is -2.31. The van der Waals surface area contributed by atoms with Crippen molar-refractivity contribution in [1.82, 2.24) is 4.90 Å². The highest BCUT2D eigenvalue weighted by Crippen LogP contribution is 2.29. The summed E-state index contributed by atoms with van der Waals surface area (Å²) in [6.45, 7) is 3.54. The lowest BCUT2D eigenvalue weighted by Crippen LogP contribution is -2.38. The van der Waals surface area contributed by atoms with Crippen LogP contribution in [-0.2, 0) is 10.0 Å². The van der Waals surface area contributed by atoms with E-state index in [9.17, 15) is 13.2 Å². The molecule has 6 nitrogen and oxygen atoms in total. The second-order valence-electron chi connectivity index (χ2n) is 7.29. The molecule has 156 valence electrons. The van der Waals surface area contributed by atoms with Crippen molar-refractivity contribution < 1.29 is 17.9 Å². The van der Waals surface area contributed by atoms with E-state index in [2.05, 4.69) is 6.92 Å². The first kappa shape index (κ1) is 21.5. The van der Waals surface area contributed by atoms with E-state index in [0.717, 1.165) is 17.1 Å². The number of hydrogen-bond acceptors (Lipinski definition) is 4. The van der Waals surface area contributed by atoms with Crippen molar-refractivity contribution in [3.63, 3.8) is 0 Å². The van der Waals surface area contributed by atoms with Crippen LogP contribution in [0.2, 0.25) is 5.02 Å². The van der Waals surface area contributed by atoms with Gasteiger partial charge >= 0.3 is 0 Å². The molecule has 0 spiro atoms. The molecule has 2 aromatic rings. The number of benzene rings is 2. The number of ether oxygens (including phenoxy) is 1. The highest BCUT2D eigenvalue weighted by Gasteiger charge is 2.26. The van der Waals surface area contributed by atoms with Gasteiger partial charge in [-0.3, -0.25) is 9.10 Å². The number of amides is 1. The maximum absolute atomic E-state index is 13.0. The van der Waals surface area contributed by atoms with Crippen molar-refractivity contribution in [1.29, 1.82) is 0 Å². The third kappa shape index (κ3) is 4.51. The monoisotopic (exact) mass is 436 g/mol. The minimum atomic E-state index is -3.79. The standard InChI is InChI=1S/C21H25ClN2O4S/c1-15-10-12-24(13-11-15)21(25)19-14-16(4-9-20(19)22)23(2)29(26,27)18-7-5-17(28-3)6-8-18/h4-9,14-15H,10-13H2,1-3H3. The Morgan fingerprint density at radius 2 is 1.76 bits per heavy atom. The molecule has 0 unspecified atom stereocenters. The maximum Gasteiger partial charge on any atom is 0.264 e. The number of rotatable bonds is 5. The summed E-state index contributed by atoms with van der Waals surface area (Å²) in [7, 11) is -0.818. The highest BCUT2D eigenvalue weighted by molar-refractivity contribution is 7.92. The molecule has 1 fully saturated rings. The summed E-state index contributed by atoms with van der Waals surface area (Å²) in [5.41, 5.74) is 0.689. The number of hydrogen-bond donors (Lipinski definition) is 0. The lowest BCUT2D eigenvalue weighted by atomic mass is 9.98. The molecule has 0 N–H and O–H groups in total. The van der Waals surface area contributed by atoms with Gasteiger partial charge in [-0.1, -0.05) is 18.5 Å². The van der Waals surface area contributed by atoms with Gasteiger partial charge in [0.15, 0.2) is 0 Å². The van der Waals surface area contributed by atoms with Crippen molar-refractivity contribution in [2.75, 3.05) is 31.6 Å². The number of halogens is 1. The van der Waals surface area contributed by atoms with Crippen molar-refractivity contribution >= 4 is 33.2 Å². The average Bonchev–Trinajstić information content (AvgIpc) is 2.73. The first-order chi connectivity index (χ1) is 13.7. The Balaban J connectivity index is 1.88. The molecule has 2 aromatic carbocycles. The third-order valence-corrected chi connectivity index (χ3v) is 7.46. The van der Waals surface area contributed by atoms with Crippen LogP contribution >= 0.6 is 11.6 Å². The molecule has 3 rings (SSSR count). The molecule has 1 saturated heterocycles. The van der Waals surface area contributed by atoms with E-state index in [4.69, 9.17) is 16.3 Å². The minimum absolute atomic E-state index is 0.133. The van der Waals surface area contributed by atoms with Gasteiger partial charge < -0.3 is 9.64 Å². The van der Waals surface area contributed by atoms with E-state index in [1.165, 1.54) is 26.3 Å². The van der Waals surface area contributed by atoms with E-state index in [0.29, 0.717) is 41.0 Å². The molecule has 0 saturated carbocycles. The number of sulfonamides is 1. The molecule has 0 aromatic heterocycles. The molecule has 1 aliphatic heterocycles. The van der Waals surface area contributed by atoms with Crippen LogP contribution in [0.4, 0.5) is 5.69 Å². The third-order valence-electron chi connectivity index (χ3n) is 5.33. The summed E-state index contributed by atoms with van der Waals surface area (Å²) in [6, 6.07) is 10.9. The molecule has 0 radical (unpaired) electrons. The number of piperidine rings is 1. The summed E-state index contributed by atoms with van der Waals surface area (Å²) in [4.78, 5) is 14.9. The fourth-order valence-corrected chi connectivity index (χ4v) is 4.69. The molecule has 1 amide bonds. The van der Waals surface area contributed by atoms with Crippen LogP contribution < -0.4 is 9.04 Å². The van der Waals surface area contributed by atoms with Gasteiger partial charge in [0.2, 0.25) is 0 Å². The van der Waals surface area contributed by atoms with E-state index in [1.807, 2.05) is 0 Å². The van der Waals surface area contributed by atoms with Crippen molar-refractivity contribution in [2.24, 2.45) is 5.92 Å². The van der Waals surface area contributed by atoms with Gasteiger partial charge in [0, 0.05) is 20.1 Å². The number of methoxy groups -OCH3 is 1. The van der Waals surface area contributed by atoms with Crippen LogP contribution in [0.1, 0.15) is 30.1 Å². The van der Waals surface area contributed by atoms with Crippen molar-refractivity contribution in [3.8, 4) is 5.75 Å². The van der Waals surface area contributed by atoms with Gasteiger partial charge in [0.25, 0.3) is 15.9 Å². The molecule has 0 aliphatic carbocycles. The SMILES string of the molecule is COc1ccc(S(=O)(=O)N(C)c2ccc(Cl)c(C(=O)N3CCC(C)CC3)c2)cc1. The Morgan fingerprint density at radius 3 is 2.34 bits per heavy atom. The van der Waals surface area contributed by atoms with Crippen LogP contribution in [0, 0.1) is 5.92 Å². The number of anilines is 1. The van der Waals surface area contributed by atoms with Gasteiger partial charge in [-0.05, 0) is 61.2 Å². The Hall–Kier alpha value is -2.25. The highest BCUT2D eigenvalue weighted by atomic mass is 35.5. The Morgan fingerprint density at radius 1 is 1.14 bits per heavy atom. The van der Waals surface area contributed by atoms with E-state index < -0.39 is 10.0 Å². The normalized spacial score (nSPS) is 15.2. The number of carbonyl (C=O) groups is 1. The van der Waals surface area contributed by atoms with E-state index in [-0.39, 0.29) is 10.8 Å². The lowest BCUT2D eigenvalue weighted by molar-refractivity contribution is 0.0697. The van der Waals surface area contributed by atoms with Gasteiger partial charge in [0.1, 0.15) is 5.75 Å². The zero-order valence-corrected chi connectivity index (χ0v) is 18.3. The van der Waals surface area contributed by atoms with Crippen molar-refractivity contribution in [2.45, 2.75) is 24.7 Å². The van der Waals surface area contributed by atoms with Crippen LogP contribution in [-0.4, -0.2) is 46.5 Å². The number of likely N-dealkylation sites (tertiary alicyclic amines) is 1. The van der Waals surface area contributed by atoms with Crippen LogP contribution in [0.15, 0.2) is 47.4 Å². The molecule has 29 heavy (non-hydrogen) atoms. The van der Waals surface area contributed by atoms with Crippen LogP contribution in [0.5, 0.6) is 5.75 Å². The second-order valence-corrected chi connectivity index (χ2v) is 9.66. The molecule has 8 heteroatoms. The smallest absolute Gasteiger partial charge is 0.264 e. The van der Waals surface area contributed by atoms with Gasteiger partial charge in [-0.15, -0.1) is 0 Å². The predicted molar refractivity (Wildman–Crippen MR) is 114 cm³/mol. The largest absolute Gasteiger partial charge is 0.497 e. The second kappa shape index (κ2) is 8.63. The minimum Gasteiger partial charge on any atom is -0.497 e. The number of carbonyl (C=O) groups excluding carboxylic acids is 1. The average molecular weight is 437 g/mol. The van der Waals surface area contributed by atoms with E-state index in [1.54, 1.807) is 35.2 Å². The summed E-state index contributed by atoms with van der Waals surface area (Å²) in [5.74, 6) is 1.00. The van der Waals surface area contributed by atoms with Gasteiger partial charge in [-0.2, -0.15) is 0 Å². The Bertz CT molecular complexity index is 984. The Labute approximate surface area is 177 Å². The summed E-state index contributed by atoms with van der Waals surface area (Å²) in [5, 5.41) is 0.313. The van der Waals surface area contributed by atoms with E-state index >= 15 is 0 Å². The fourth-order valence-electron chi connectivity index (χ4n) is 3.30. The zero-order chi connectivity index (χ0) is 21.2. The maximum atomic E-state index is 13.0. The zero-order valence-electron chi connectivity index (χ0n) is 16.8. The fraction of sp³-hybridized carbons (Fsp3) is 0.381.